The van der Waals surface area contributed by atoms with Gasteiger partial charge in [0.2, 0.25) is 0 Å². The molecular formula is C20H22FN3O. The first-order chi connectivity index (χ1) is 12.1. The molecule has 1 aromatic heterocycles. The third-order valence-corrected chi connectivity index (χ3v) is 3.70. The number of carbonyl (C=O) groups excluding carboxylic acids is 1. The Labute approximate surface area is 147 Å². The van der Waals surface area contributed by atoms with E-state index in [1.165, 1.54) is 6.20 Å². The molecule has 0 saturated carbocycles. The van der Waals surface area contributed by atoms with Gasteiger partial charge < -0.3 is 11.1 Å². The van der Waals surface area contributed by atoms with Gasteiger partial charge in [-0.2, -0.15) is 0 Å². The van der Waals surface area contributed by atoms with Crippen LogP contribution in [0.5, 0.6) is 0 Å². The minimum atomic E-state index is -0.374. The molecule has 130 valence electrons. The number of carbonyl (C=O) groups is 1. The molecule has 0 saturated heterocycles. The van der Waals surface area contributed by atoms with Crippen molar-refractivity contribution in [1.82, 2.24) is 10.3 Å². The lowest BCUT2D eigenvalue weighted by Gasteiger charge is -2.10. The van der Waals surface area contributed by atoms with Crippen molar-refractivity contribution in [2.75, 3.05) is 5.73 Å². The summed E-state index contributed by atoms with van der Waals surface area (Å²) in [6.07, 6.45) is 4.58. The quantitative estimate of drug-likeness (QED) is 0.792. The summed E-state index contributed by atoms with van der Waals surface area (Å²) in [5, 5.41) is 2.68. The molecule has 0 bridgehead atoms. The molecule has 5 heteroatoms. The van der Waals surface area contributed by atoms with Crippen LogP contribution in [-0.2, 0) is 13.0 Å². The molecule has 0 unspecified atom stereocenters. The number of nitrogens with one attached hydrogen (secondary N) is 1. The Bertz CT molecular complexity index is 793. The number of pyridine rings is 1. The van der Waals surface area contributed by atoms with Gasteiger partial charge in [-0.3, -0.25) is 4.79 Å². The zero-order valence-corrected chi connectivity index (χ0v) is 14.3. The van der Waals surface area contributed by atoms with Crippen LogP contribution < -0.4 is 11.1 Å². The molecule has 0 radical (unpaired) electrons. The minimum Gasteiger partial charge on any atom is -0.383 e. The SMILES string of the molecule is CCCC#CCCc1cccc(CNC(=O)c2cccnc2N)c1F. The van der Waals surface area contributed by atoms with Crippen molar-refractivity contribution < 1.29 is 9.18 Å². The molecule has 1 heterocycles. The van der Waals surface area contributed by atoms with Crippen molar-refractivity contribution in [2.24, 2.45) is 0 Å². The highest BCUT2D eigenvalue weighted by Crippen LogP contribution is 2.15. The molecule has 0 fully saturated rings. The Kier molecular flexibility index (Phi) is 6.97. The van der Waals surface area contributed by atoms with E-state index in [9.17, 15) is 9.18 Å². The zero-order chi connectivity index (χ0) is 18.1. The van der Waals surface area contributed by atoms with Gasteiger partial charge in [0.05, 0.1) is 5.56 Å². The summed E-state index contributed by atoms with van der Waals surface area (Å²) in [5.41, 5.74) is 7.01. The lowest BCUT2D eigenvalue weighted by Crippen LogP contribution is -2.24. The summed E-state index contributed by atoms with van der Waals surface area (Å²) >= 11 is 0. The maximum Gasteiger partial charge on any atom is 0.255 e. The second-order valence-corrected chi connectivity index (χ2v) is 5.61. The molecule has 0 atom stereocenters. The van der Waals surface area contributed by atoms with Gasteiger partial charge in [-0.25, -0.2) is 9.37 Å². The molecule has 2 rings (SSSR count). The van der Waals surface area contributed by atoms with E-state index in [4.69, 9.17) is 5.73 Å². The van der Waals surface area contributed by atoms with Crippen LogP contribution >= 0.6 is 0 Å². The number of nitrogens with two attached hydrogens (primary N) is 1. The summed E-state index contributed by atoms with van der Waals surface area (Å²) in [4.78, 5) is 16.0. The molecule has 2 aromatic rings. The van der Waals surface area contributed by atoms with Gasteiger partial charge in [-0.1, -0.05) is 25.1 Å². The predicted octanol–water partition coefficient (Wildman–Crippen LogP) is 3.47. The Hall–Kier alpha value is -2.87. The fourth-order valence-electron chi connectivity index (χ4n) is 2.34. The van der Waals surface area contributed by atoms with E-state index in [0.29, 0.717) is 24.0 Å². The first-order valence-electron chi connectivity index (χ1n) is 8.34. The first kappa shape index (κ1) is 18.5. The van der Waals surface area contributed by atoms with Gasteiger partial charge in [-0.05, 0) is 30.5 Å². The van der Waals surface area contributed by atoms with Crippen LogP contribution in [0.2, 0.25) is 0 Å². The number of hydrogen-bond donors (Lipinski definition) is 2. The molecule has 0 aliphatic rings. The van der Waals surface area contributed by atoms with Crippen LogP contribution in [0, 0.1) is 17.7 Å². The molecule has 0 aliphatic heterocycles. The van der Waals surface area contributed by atoms with Crippen LogP contribution in [0.15, 0.2) is 36.5 Å². The van der Waals surface area contributed by atoms with Crippen molar-refractivity contribution in [2.45, 2.75) is 39.2 Å². The molecule has 1 aromatic carbocycles. The highest BCUT2D eigenvalue weighted by atomic mass is 19.1. The van der Waals surface area contributed by atoms with Gasteiger partial charge >= 0.3 is 0 Å². The maximum atomic E-state index is 14.5. The van der Waals surface area contributed by atoms with E-state index < -0.39 is 0 Å². The van der Waals surface area contributed by atoms with Gasteiger partial charge in [0.25, 0.3) is 5.91 Å². The van der Waals surface area contributed by atoms with Gasteiger partial charge in [-0.15, -0.1) is 11.8 Å². The number of amides is 1. The summed E-state index contributed by atoms with van der Waals surface area (Å²) in [5.74, 6) is 5.59. The largest absolute Gasteiger partial charge is 0.383 e. The number of aromatic nitrogens is 1. The third-order valence-electron chi connectivity index (χ3n) is 3.70. The summed E-state index contributed by atoms with van der Waals surface area (Å²) in [6, 6.07) is 8.42. The lowest BCUT2D eigenvalue weighted by atomic mass is 10.0. The number of aryl methyl sites for hydroxylation is 1. The van der Waals surface area contributed by atoms with E-state index in [-0.39, 0.29) is 29.7 Å². The van der Waals surface area contributed by atoms with Gasteiger partial charge in [0.1, 0.15) is 11.6 Å². The Morgan fingerprint density at radius 2 is 1.96 bits per heavy atom. The van der Waals surface area contributed by atoms with Crippen molar-refractivity contribution in [3.8, 4) is 11.8 Å². The standard InChI is InChI=1S/C20H22FN3O/c1-2-3-4-5-6-9-15-10-7-11-16(18(15)21)14-24-20(25)17-12-8-13-23-19(17)22/h7-8,10-13H,2-3,6,9,14H2,1H3,(H2,22,23)(H,24,25). The van der Waals surface area contributed by atoms with Gasteiger partial charge in [0.15, 0.2) is 0 Å². The Morgan fingerprint density at radius 1 is 1.20 bits per heavy atom. The van der Waals surface area contributed by atoms with E-state index in [0.717, 1.165) is 12.8 Å². The Balaban J connectivity index is 1.99. The monoisotopic (exact) mass is 339 g/mol. The summed E-state index contributed by atoms with van der Waals surface area (Å²) in [6.45, 7) is 2.17. The lowest BCUT2D eigenvalue weighted by molar-refractivity contribution is 0.0951. The van der Waals surface area contributed by atoms with Crippen LogP contribution in [0.4, 0.5) is 10.2 Å². The number of rotatable bonds is 6. The summed E-state index contributed by atoms with van der Waals surface area (Å²) < 4.78 is 14.5. The first-order valence-corrected chi connectivity index (χ1v) is 8.34. The fourth-order valence-corrected chi connectivity index (χ4v) is 2.34. The fraction of sp³-hybridized carbons (Fsp3) is 0.300. The number of unbranched alkanes of at least 4 members (excludes halogenated alkanes) is 1. The topological polar surface area (TPSA) is 68.0 Å². The highest BCUT2D eigenvalue weighted by molar-refractivity contribution is 5.98. The number of nitrogen functional groups attached to an aromatic ring is 1. The normalized spacial score (nSPS) is 10.0. The van der Waals surface area contributed by atoms with Crippen LogP contribution in [0.3, 0.4) is 0 Å². The summed E-state index contributed by atoms with van der Waals surface area (Å²) in [7, 11) is 0. The molecule has 3 N–H and O–H groups in total. The molecule has 1 amide bonds. The highest BCUT2D eigenvalue weighted by Gasteiger charge is 2.12. The number of nitrogens with zero attached hydrogens (tertiary/aromatic N) is 1. The zero-order valence-electron chi connectivity index (χ0n) is 14.3. The van der Waals surface area contributed by atoms with E-state index in [2.05, 4.69) is 29.1 Å². The average molecular weight is 339 g/mol. The molecule has 4 nitrogen and oxygen atoms in total. The molecule has 0 spiro atoms. The number of benzene rings is 1. The van der Waals surface area contributed by atoms with E-state index in [1.54, 1.807) is 30.3 Å². The Morgan fingerprint density at radius 3 is 2.72 bits per heavy atom. The average Bonchev–Trinajstić information content (AvgIpc) is 2.62. The van der Waals surface area contributed by atoms with E-state index in [1.807, 2.05) is 0 Å². The second kappa shape index (κ2) is 9.43. The smallest absolute Gasteiger partial charge is 0.255 e. The third kappa shape index (κ3) is 5.32. The van der Waals surface area contributed by atoms with Crippen molar-refractivity contribution in [3.05, 3.63) is 59.0 Å². The molecule has 25 heavy (non-hydrogen) atoms. The van der Waals surface area contributed by atoms with Crippen LogP contribution in [-0.4, -0.2) is 10.9 Å². The van der Waals surface area contributed by atoms with Crippen LogP contribution in [0.1, 0.15) is 47.7 Å². The number of anilines is 1. The molecular weight excluding hydrogens is 317 g/mol. The van der Waals surface area contributed by atoms with Gasteiger partial charge in [0, 0.05) is 31.1 Å². The number of hydrogen-bond acceptors (Lipinski definition) is 3. The second-order valence-electron chi connectivity index (χ2n) is 5.61. The van der Waals surface area contributed by atoms with E-state index >= 15 is 0 Å². The van der Waals surface area contributed by atoms with Crippen molar-refractivity contribution in [3.63, 3.8) is 0 Å². The predicted molar refractivity (Wildman–Crippen MR) is 97.2 cm³/mol. The van der Waals surface area contributed by atoms with Crippen molar-refractivity contribution in [1.29, 1.82) is 0 Å². The maximum absolute atomic E-state index is 14.5. The van der Waals surface area contributed by atoms with Crippen LogP contribution in [0.25, 0.3) is 0 Å². The number of halogens is 1. The minimum absolute atomic E-state index is 0.0916. The van der Waals surface area contributed by atoms with Crippen molar-refractivity contribution >= 4 is 11.7 Å². The molecule has 0 aliphatic carbocycles.